The number of ether oxygens (including phenoxy) is 3. The molecule has 0 heterocycles. The maximum absolute atomic E-state index is 12.5. The van der Waals surface area contributed by atoms with Crippen LogP contribution < -0.4 is 10.6 Å². The molecule has 6 nitrogen and oxygen atoms in total. The monoisotopic (exact) mass is 410 g/mol. The highest BCUT2D eigenvalue weighted by atomic mass is 16.5. The van der Waals surface area contributed by atoms with Gasteiger partial charge in [-0.25, -0.2) is 4.79 Å². The SMILES string of the molecule is CCOCCOCCOCCCCCNC(=O)NC12CCC3CC(CC(C3)C1)C2. The van der Waals surface area contributed by atoms with E-state index in [2.05, 4.69) is 10.6 Å². The van der Waals surface area contributed by atoms with Crippen LogP contribution in [0.15, 0.2) is 0 Å². The molecule has 4 aliphatic rings. The molecule has 29 heavy (non-hydrogen) atoms. The Kier molecular flexibility index (Phi) is 9.53. The van der Waals surface area contributed by atoms with E-state index < -0.39 is 0 Å². The summed E-state index contributed by atoms with van der Waals surface area (Å²) in [6.45, 7) is 6.77. The van der Waals surface area contributed by atoms with Crippen molar-refractivity contribution in [1.29, 1.82) is 0 Å². The predicted octanol–water partition coefficient (Wildman–Crippen LogP) is 3.88. The maximum Gasteiger partial charge on any atom is 0.315 e. The van der Waals surface area contributed by atoms with Crippen LogP contribution in [0.1, 0.15) is 71.1 Å². The highest BCUT2D eigenvalue weighted by Crippen LogP contribution is 2.52. The van der Waals surface area contributed by atoms with Crippen LogP contribution in [0.4, 0.5) is 4.79 Å². The topological polar surface area (TPSA) is 68.8 Å². The van der Waals surface area contributed by atoms with Gasteiger partial charge < -0.3 is 24.8 Å². The Labute approximate surface area is 176 Å². The van der Waals surface area contributed by atoms with Gasteiger partial charge in [-0.05, 0) is 88.9 Å². The van der Waals surface area contributed by atoms with E-state index in [9.17, 15) is 4.79 Å². The first-order valence-corrected chi connectivity index (χ1v) is 12.0. The van der Waals surface area contributed by atoms with Crippen molar-refractivity contribution in [2.75, 3.05) is 46.2 Å². The molecule has 2 unspecified atom stereocenters. The van der Waals surface area contributed by atoms with Crippen LogP contribution in [0.3, 0.4) is 0 Å². The minimum absolute atomic E-state index is 0.0465. The fourth-order valence-electron chi connectivity index (χ4n) is 5.89. The van der Waals surface area contributed by atoms with Crippen LogP contribution in [0, 0.1) is 17.8 Å². The summed E-state index contributed by atoms with van der Waals surface area (Å²) in [5, 5.41) is 6.50. The van der Waals surface area contributed by atoms with Crippen molar-refractivity contribution in [2.45, 2.75) is 76.7 Å². The Bertz CT molecular complexity index is 473. The molecule has 2 amide bonds. The van der Waals surface area contributed by atoms with Crippen molar-refractivity contribution in [3.05, 3.63) is 0 Å². The first kappa shape index (κ1) is 22.8. The molecule has 0 aromatic rings. The summed E-state index contributed by atoms with van der Waals surface area (Å²) in [4.78, 5) is 12.5. The molecule has 168 valence electrons. The van der Waals surface area contributed by atoms with Gasteiger partial charge in [0.1, 0.15) is 0 Å². The zero-order valence-electron chi connectivity index (χ0n) is 18.4. The first-order valence-electron chi connectivity index (χ1n) is 12.0. The van der Waals surface area contributed by atoms with Gasteiger partial charge in [0, 0.05) is 25.3 Å². The minimum Gasteiger partial charge on any atom is -0.379 e. The molecule has 6 heteroatoms. The molecule has 0 aromatic carbocycles. The molecule has 0 spiro atoms. The first-order chi connectivity index (χ1) is 14.2. The Hall–Kier alpha value is -0.850. The minimum atomic E-state index is 0.0465. The highest BCUT2D eigenvalue weighted by Gasteiger charge is 2.48. The molecular formula is C23H42N2O4. The zero-order chi connectivity index (χ0) is 20.4. The highest BCUT2D eigenvalue weighted by molar-refractivity contribution is 5.74. The van der Waals surface area contributed by atoms with Gasteiger partial charge in [-0.2, -0.15) is 0 Å². The number of rotatable bonds is 14. The molecule has 0 saturated heterocycles. The van der Waals surface area contributed by atoms with E-state index in [1.54, 1.807) is 0 Å². The Morgan fingerprint density at radius 2 is 1.52 bits per heavy atom. The lowest BCUT2D eigenvalue weighted by Gasteiger charge is -2.45. The Balaban J connectivity index is 1.17. The lowest BCUT2D eigenvalue weighted by atomic mass is 9.65. The van der Waals surface area contributed by atoms with E-state index in [4.69, 9.17) is 14.2 Å². The quantitative estimate of drug-likeness (QED) is 0.426. The summed E-state index contributed by atoms with van der Waals surface area (Å²) < 4.78 is 16.2. The number of nitrogens with one attached hydrogen (secondary N) is 2. The average molecular weight is 411 g/mol. The summed E-state index contributed by atoms with van der Waals surface area (Å²) >= 11 is 0. The smallest absolute Gasteiger partial charge is 0.315 e. The van der Waals surface area contributed by atoms with Gasteiger partial charge in [0.15, 0.2) is 0 Å². The Morgan fingerprint density at radius 3 is 2.24 bits per heavy atom. The maximum atomic E-state index is 12.5. The van der Waals surface area contributed by atoms with Crippen LogP contribution in [0.5, 0.6) is 0 Å². The summed E-state index contributed by atoms with van der Waals surface area (Å²) in [5.74, 6) is 2.63. The van der Waals surface area contributed by atoms with E-state index >= 15 is 0 Å². The van der Waals surface area contributed by atoms with Crippen molar-refractivity contribution < 1.29 is 19.0 Å². The van der Waals surface area contributed by atoms with Crippen LogP contribution in [-0.2, 0) is 14.2 Å². The predicted molar refractivity (Wildman–Crippen MR) is 114 cm³/mol. The van der Waals surface area contributed by atoms with E-state index in [1.165, 1.54) is 44.9 Å². The van der Waals surface area contributed by atoms with Crippen molar-refractivity contribution in [2.24, 2.45) is 17.8 Å². The number of carbonyl (C=O) groups excluding carboxylic acids is 1. The molecule has 2 N–H and O–H groups in total. The third-order valence-corrected chi connectivity index (χ3v) is 6.97. The van der Waals surface area contributed by atoms with E-state index in [-0.39, 0.29) is 11.6 Å². The van der Waals surface area contributed by atoms with Crippen molar-refractivity contribution in [3.63, 3.8) is 0 Å². The molecule has 0 aromatic heterocycles. The number of carbonyl (C=O) groups is 1. The number of amides is 2. The Morgan fingerprint density at radius 1 is 0.862 bits per heavy atom. The lowest BCUT2D eigenvalue weighted by molar-refractivity contribution is 0.0162. The summed E-state index contributed by atoms with van der Waals surface area (Å²) in [6, 6.07) is 0.0465. The second kappa shape index (κ2) is 12.1. The van der Waals surface area contributed by atoms with Crippen molar-refractivity contribution in [1.82, 2.24) is 10.6 Å². The van der Waals surface area contributed by atoms with E-state index in [0.717, 1.165) is 56.8 Å². The molecule has 4 saturated carbocycles. The molecule has 0 aliphatic heterocycles. The second-order valence-corrected chi connectivity index (χ2v) is 9.40. The number of unbranched alkanes of at least 4 members (excludes halogenated alkanes) is 2. The van der Waals surface area contributed by atoms with Crippen LogP contribution in [-0.4, -0.2) is 57.8 Å². The van der Waals surface area contributed by atoms with Gasteiger partial charge in [-0.3, -0.25) is 0 Å². The number of fused-ring (bicyclic) bond motifs is 1. The largest absolute Gasteiger partial charge is 0.379 e. The number of hydrogen-bond acceptors (Lipinski definition) is 4. The zero-order valence-corrected chi connectivity index (χ0v) is 18.4. The molecule has 4 bridgehead atoms. The molecule has 0 radical (unpaired) electrons. The van der Waals surface area contributed by atoms with Gasteiger partial charge in [-0.15, -0.1) is 0 Å². The van der Waals surface area contributed by atoms with Gasteiger partial charge in [0.25, 0.3) is 0 Å². The van der Waals surface area contributed by atoms with Crippen LogP contribution in [0.2, 0.25) is 0 Å². The summed E-state index contributed by atoms with van der Waals surface area (Å²) in [5.41, 5.74) is 0.0848. The number of hydrogen-bond donors (Lipinski definition) is 2. The average Bonchev–Trinajstić information content (AvgIpc) is 2.88. The third kappa shape index (κ3) is 7.72. The fraction of sp³-hybridized carbons (Fsp3) is 0.957. The van der Waals surface area contributed by atoms with Crippen molar-refractivity contribution in [3.8, 4) is 0 Å². The van der Waals surface area contributed by atoms with Gasteiger partial charge in [0.05, 0.1) is 26.4 Å². The second-order valence-electron chi connectivity index (χ2n) is 9.40. The van der Waals surface area contributed by atoms with Gasteiger partial charge >= 0.3 is 6.03 Å². The van der Waals surface area contributed by atoms with E-state index in [1.807, 2.05) is 6.92 Å². The van der Waals surface area contributed by atoms with Crippen molar-refractivity contribution >= 4 is 6.03 Å². The van der Waals surface area contributed by atoms with Crippen LogP contribution in [0.25, 0.3) is 0 Å². The van der Waals surface area contributed by atoms with Gasteiger partial charge in [0.2, 0.25) is 0 Å². The molecule has 4 rings (SSSR count). The summed E-state index contributed by atoms with van der Waals surface area (Å²) in [6.07, 6.45) is 12.2. The summed E-state index contributed by atoms with van der Waals surface area (Å²) in [7, 11) is 0. The molecular weight excluding hydrogens is 368 g/mol. The standard InChI is InChI=1S/C23H42N2O4/c1-2-27-10-11-29-13-12-28-9-5-3-4-8-24-22(26)25-23-7-6-19-14-20(17-23)16-21(15-19)18-23/h19-21H,2-18H2,1H3,(H2,24,25,26). The normalized spacial score (nSPS) is 30.3. The molecule has 2 atom stereocenters. The lowest BCUT2D eigenvalue weighted by Crippen LogP contribution is -2.55. The fourth-order valence-corrected chi connectivity index (χ4v) is 5.89. The molecule has 4 aliphatic carbocycles. The van der Waals surface area contributed by atoms with Crippen LogP contribution >= 0.6 is 0 Å². The van der Waals surface area contributed by atoms with Gasteiger partial charge in [-0.1, -0.05) is 0 Å². The van der Waals surface area contributed by atoms with E-state index in [0.29, 0.717) is 26.4 Å². The molecule has 4 fully saturated rings. The number of urea groups is 1. The third-order valence-electron chi connectivity index (χ3n) is 6.97.